The molecule has 0 spiro atoms. The molecule has 0 aliphatic rings. The maximum atomic E-state index is 12.6. The van der Waals surface area contributed by atoms with Gasteiger partial charge in [0.05, 0.1) is 10.3 Å². The Bertz CT molecular complexity index is 898. The highest BCUT2D eigenvalue weighted by Gasteiger charge is 2.19. The number of fused-ring (bicyclic) bond motifs is 1. The number of carbonyl (C=O) groups is 1. The molecule has 0 saturated heterocycles. The third-order valence-corrected chi connectivity index (χ3v) is 5.40. The summed E-state index contributed by atoms with van der Waals surface area (Å²) in [5.74, 6) is 0.690. The van der Waals surface area contributed by atoms with Crippen molar-refractivity contribution in [3.05, 3.63) is 46.9 Å². The molecule has 27 heavy (non-hydrogen) atoms. The standard InChI is InChI=1S/C19H23N5O2S/c1-13-15-17(21-7-3-11-26-2)23-12-24-19(15)27-16(13)18(25)22-10-6-14-4-8-20-9-5-14/h4-5,8-9,12H,3,6-7,10-11H2,1-2H3,(H,22,25)(H,21,23,24). The highest BCUT2D eigenvalue weighted by Crippen LogP contribution is 2.33. The van der Waals surface area contributed by atoms with Crippen molar-refractivity contribution < 1.29 is 9.53 Å². The van der Waals surface area contributed by atoms with E-state index in [4.69, 9.17) is 4.74 Å². The fourth-order valence-electron chi connectivity index (χ4n) is 2.80. The number of amides is 1. The van der Waals surface area contributed by atoms with Crippen LogP contribution in [0.1, 0.15) is 27.2 Å². The van der Waals surface area contributed by atoms with Gasteiger partial charge in [0.25, 0.3) is 5.91 Å². The molecule has 0 bridgehead atoms. The molecule has 0 aliphatic heterocycles. The Labute approximate surface area is 162 Å². The molecule has 3 heterocycles. The Hall–Kier alpha value is -2.58. The lowest BCUT2D eigenvalue weighted by Gasteiger charge is -2.07. The van der Waals surface area contributed by atoms with E-state index < -0.39 is 0 Å². The van der Waals surface area contributed by atoms with Crippen LogP contribution in [0.25, 0.3) is 10.2 Å². The molecule has 0 saturated carbocycles. The number of thiophene rings is 1. The minimum absolute atomic E-state index is 0.0742. The number of anilines is 1. The number of methoxy groups -OCH3 is 1. The normalized spacial score (nSPS) is 10.9. The summed E-state index contributed by atoms with van der Waals surface area (Å²) >= 11 is 1.40. The average molecular weight is 385 g/mol. The van der Waals surface area contributed by atoms with Crippen LogP contribution in [0.3, 0.4) is 0 Å². The maximum Gasteiger partial charge on any atom is 0.261 e. The first kappa shape index (κ1) is 19.2. The van der Waals surface area contributed by atoms with Crippen molar-refractivity contribution in [2.24, 2.45) is 0 Å². The zero-order valence-electron chi connectivity index (χ0n) is 15.5. The van der Waals surface area contributed by atoms with E-state index in [0.717, 1.165) is 46.5 Å². The molecule has 3 aromatic heterocycles. The number of hydrogen-bond acceptors (Lipinski definition) is 7. The van der Waals surface area contributed by atoms with Crippen molar-refractivity contribution in [1.29, 1.82) is 0 Å². The van der Waals surface area contributed by atoms with Gasteiger partial charge in [0.15, 0.2) is 0 Å². The van der Waals surface area contributed by atoms with E-state index >= 15 is 0 Å². The van der Waals surface area contributed by atoms with Crippen LogP contribution in [0.2, 0.25) is 0 Å². The molecule has 1 amide bonds. The van der Waals surface area contributed by atoms with Crippen molar-refractivity contribution in [3.8, 4) is 0 Å². The summed E-state index contributed by atoms with van der Waals surface area (Å²) in [5, 5.41) is 7.23. The van der Waals surface area contributed by atoms with Crippen LogP contribution in [0.4, 0.5) is 5.82 Å². The average Bonchev–Trinajstić information content (AvgIpc) is 3.03. The summed E-state index contributed by atoms with van der Waals surface area (Å²) < 4.78 is 5.07. The van der Waals surface area contributed by atoms with Gasteiger partial charge in [-0.05, 0) is 43.0 Å². The Kier molecular flexibility index (Phi) is 6.67. The molecule has 0 unspecified atom stereocenters. The molecule has 142 valence electrons. The summed E-state index contributed by atoms with van der Waals surface area (Å²) in [5.41, 5.74) is 2.05. The maximum absolute atomic E-state index is 12.6. The summed E-state index contributed by atoms with van der Waals surface area (Å²) in [7, 11) is 1.69. The molecule has 0 radical (unpaired) electrons. The van der Waals surface area contributed by atoms with E-state index in [2.05, 4.69) is 25.6 Å². The molecule has 0 fully saturated rings. The number of aromatic nitrogens is 3. The molecule has 0 aromatic carbocycles. The first-order valence-electron chi connectivity index (χ1n) is 8.84. The summed E-state index contributed by atoms with van der Waals surface area (Å²) in [6.07, 6.45) is 6.69. The Morgan fingerprint density at radius 3 is 2.81 bits per heavy atom. The molecule has 3 aromatic rings. The molecule has 3 rings (SSSR count). The second kappa shape index (κ2) is 9.38. The number of ether oxygens (including phenoxy) is 1. The van der Waals surface area contributed by atoms with Crippen molar-refractivity contribution >= 4 is 33.3 Å². The molecule has 0 aliphatic carbocycles. The van der Waals surface area contributed by atoms with Crippen molar-refractivity contribution in [2.75, 3.05) is 32.1 Å². The number of nitrogens with one attached hydrogen (secondary N) is 2. The third kappa shape index (κ3) is 4.78. The van der Waals surface area contributed by atoms with Gasteiger partial charge in [-0.15, -0.1) is 11.3 Å². The fourth-order valence-corrected chi connectivity index (χ4v) is 3.86. The van der Waals surface area contributed by atoms with Gasteiger partial charge in [0.2, 0.25) is 0 Å². The van der Waals surface area contributed by atoms with Gasteiger partial charge in [-0.1, -0.05) is 0 Å². The van der Waals surface area contributed by atoms with Gasteiger partial charge >= 0.3 is 0 Å². The smallest absolute Gasteiger partial charge is 0.261 e. The molecule has 7 nitrogen and oxygen atoms in total. The predicted molar refractivity (Wildman–Crippen MR) is 107 cm³/mol. The monoisotopic (exact) mass is 385 g/mol. The SMILES string of the molecule is COCCCNc1ncnc2sc(C(=O)NCCc3ccncc3)c(C)c12. The molecule has 2 N–H and O–H groups in total. The van der Waals surface area contributed by atoms with Crippen LogP contribution in [-0.2, 0) is 11.2 Å². The number of carbonyl (C=O) groups excluding carboxylic acids is 1. The van der Waals surface area contributed by atoms with Gasteiger partial charge in [0, 0.05) is 39.2 Å². The Morgan fingerprint density at radius 1 is 1.22 bits per heavy atom. The van der Waals surface area contributed by atoms with Gasteiger partial charge in [-0.2, -0.15) is 0 Å². The number of nitrogens with zero attached hydrogens (tertiary/aromatic N) is 3. The van der Waals surface area contributed by atoms with Crippen molar-refractivity contribution in [2.45, 2.75) is 19.8 Å². The summed E-state index contributed by atoms with van der Waals surface area (Å²) in [6.45, 7) is 3.96. The largest absolute Gasteiger partial charge is 0.385 e. The summed E-state index contributed by atoms with van der Waals surface area (Å²) in [4.78, 5) is 26.8. The van der Waals surface area contributed by atoms with Gasteiger partial charge in [0.1, 0.15) is 17.0 Å². The fraction of sp³-hybridized carbons (Fsp3) is 0.368. The second-order valence-corrected chi connectivity index (χ2v) is 7.09. The Morgan fingerprint density at radius 2 is 2.04 bits per heavy atom. The van der Waals surface area contributed by atoms with E-state index in [9.17, 15) is 4.79 Å². The number of pyridine rings is 1. The zero-order chi connectivity index (χ0) is 19.1. The van der Waals surface area contributed by atoms with Gasteiger partial charge in [-0.3, -0.25) is 9.78 Å². The van der Waals surface area contributed by atoms with E-state index in [1.54, 1.807) is 19.5 Å². The van der Waals surface area contributed by atoms with E-state index in [1.807, 2.05) is 19.1 Å². The second-order valence-electron chi connectivity index (χ2n) is 6.09. The number of rotatable bonds is 9. The van der Waals surface area contributed by atoms with Crippen LogP contribution in [-0.4, -0.2) is 47.7 Å². The highest BCUT2D eigenvalue weighted by atomic mass is 32.1. The minimum atomic E-state index is -0.0742. The molecule has 8 heteroatoms. The van der Waals surface area contributed by atoms with Crippen molar-refractivity contribution in [3.63, 3.8) is 0 Å². The van der Waals surface area contributed by atoms with Crippen LogP contribution in [0, 0.1) is 6.92 Å². The zero-order valence-corrected chi connectivity index (χ0v) is 16.3. The Balaban J connectivity index is 1.69. The van der Waals surface area contributed by atoms with E-state index in [0.29, 0.717) is 18.0 Å². The number of aryl methyl sites for hydroxylation is 1. The van der Waals surface area contributed by atoms with E-state index in [-0.39, 0.29) is 5.91 Å². The predicted octanol–water partition coefficient (Wildman–Crippen LogP) is 2.82. The first-order chi connectivity index (χ1) is 13.2. The van der Waals surface area contributed by atoms with Crippen LogP contribution < -0.4 is 10.6 Å². The summed E-state index contributed by atoms with van der Waals surface area (Å²) in [6, 6.07) is 3.90. The lowest BCUT2D eigenvalue weighted by atomic mass is 10.2. The van der Waals surface area contributed by atoms with Crippen LogP contribution >= 0.6 is 11.3 Å². The van der Waals surface area contributed by atoms with Crippen LogP contribution in [0.5, 0.6) is 0 Å². The highest BCUT2D eigenvalue weighted by molar-refractivity contribution is 7.20. The molecule has 0 atom stereocenters. The van der Waals surface area contributed by atoms with Crippen LogP contribution in [0.15, 0.2) is 30.9 Å². The third-order valence-electron chi connectivity index (χ3n) is 4.20. The lowest BCUT2D eigenvalue weighted by Crippen LogP contribution is -2.25. The van der Waals surface area contributed by atoms with Gasteiger partial charge in [-0.25, -0.2) is 9.97 Å². The topological polar surface area (TPSA) is 89.0 Å². The lowest BCUT2D eigenvalue weighted by molar-refractivity contribution is 0.0957. The number of hydrogen-bond donors (Lipinski definition) is 2. The molecular formula is C19H23N5O2S. The first-order valence-corrected chi connectivity index (χ1v) is 9.66. The van der Waals surface area contributed by atoms with E-state index in [1.165, 1.54) is 17.7 Å². The van der Waals surface area contributed by atoms with Crippen molar-refractivity contribution in [1.82, 2.24) is 20.3 Å². The quantitative estimate of drug-likeness (QED) is 0.551. The molecular weight excluding hydrogens is 362 g/mol. The van der Waals surface area contributed by atoms with Gasteiger partial charge < -0.3 is 15.4 Å². The minimum Gasteiger partial charge on any atom is -0.385 e.